The lowest BCUT2D eigenvalue weighted by Gasteiger charge is -2.20. The summed E-state index contributed by atoms with van der Waals surface area (Å²) in [4.78, 5) is 23.1. The van der Waals surface area contributed by atoms with Crippen LogP contribution < -0.4 is 10.6 Å². The fourth-order valence-electron chi connectivity index (χ4n) is 2.69. The Morgan fingerprint density at radius 1 is 1.08 bits per heavy atom. The van der Waals surface area contributed by atoms with Gasteiger partial charge in [-0.2, -0.15) is 0 Å². The van der Waals surface area contributed by atoms with E-state index in [1.807, 2.05) is 44.2 Å². The minimum absolute atomic E-state index is 0.0119. The van der Waals surface area contributed by atoms with E-state index in [2.05, 4.69) is 10.6 Å². The van der Waals surface area contributed by atoms with Crippen molar-refractivity contribution in [2.24, 2.45) is 5.92 Å². The van der Waals surface area contributed by atoms with Crippen LogP contribution in [0, 0.1) is 5.92 Å². The molecule has 0 fully saturated rings. The molecule has 2 atom stereocenters. The topological polar surface area (TPSA) is 112 Å². The van der Waals surface area contributed by atoms with Crippen LogP contribution in [0.25, 0.3) is 0 Å². The largest absolute Gasteiger partial charge is 0.481 e. The van der Waals surface area contributed by atoms with Gasteiger partial charge in [-0.3, -0.25) is 9.59 Å². The highest BCUT2D eigenvalue weighted by Crippen LogP contribution is 2.29. The molecule has 26 heavy (non-hydrogen) atoms. The van der Waals surface area contributed by atoms with Crippen LogP contribution in [-0.4, -0.2) is 34.7 Å². The SMILES string of the molecule is CC(C)CC(NCC(C(=O)O)c1cocc1Nc1ccccc1)C(=O)O. The first-order valence-electron chi connectivity index (χ1n) is 8.45. The predicted molar refractivity (Wildman–Crippen MR) is 97.7 cm³/mol. The third kappa shape index (κ3) is 5.35. The van der Waals surface area contributed by atoms with E-state index in [4.69, 9.17) is 4.42 Å². The maximum Gasteiger partial charge on any atom is 0.320 e. The molecule has 0 radical (unpaired) electrons. The second-order valence-corrected chi connectivity index (χ2v) is 6.55. The van der Waals surface area contributed by atoms with Crippen LogP contribution in [0.4, 0.5) is 11.4 Å². The van der Waals surface area contributed by atoms with Crippen LogP contribution in [0.3, 0.4) is 0 Å². The zero-order valence-corrected chi connectivity index (χ0v) is 14.8. The predicted octanol–water partition coefficient (Wildman–Crippen LogP) is 3.28. The molecule has 0 amide bonds. The summed E-state index contributed by atoms with van der Waals surface area (Å²) in [6.07, 6.45) is 3.24. The van der Waals surface area contributed by atoms with E-state index >= 15 is 0 Å². The molecule has 0 aliphatic heterocycles. The Kier molecular flexibility index (Phi) is 6.80. The second-order valence-electron chi connectivity index (χ2n) is 6.55. The molecule has 4 N–H and O–H groups in total. The van der Waals surface area contributed by atoms with Crippen molar-refractivity contribution in [1.29, 1.82) is 0 Å². The first kappa shape index (κ1) is 19.5. The number of anilines is 2. The smallest absolute Gasteiger partial charge is 0.320 e. The van der Waals surface area contributed by atoms with Crippen LogP contribution in [0.5, 0.6) is 0 Å². The second kappa shape index (κ2) is 9.05. The molecule has 7 nitrogen and oxygen atoms in total. The molecule has 0 spiro atoms. The van der Waals surface area contributed by atoms with Gasteiger partial charge in [0.15, 0.2) is 0 Å². The number of rotatable bonds is 10. The van der Waals surface area contributed by atoms with E-state index < -0.39 is 23.9 Å². The first-order chi connectivity index (χ1) is 12.4. The Balaban J connectivity index is 2.14. The molecule has 0 bridgehead atoms. The summed E-state index contributed by atoms with van der Waals surface area (Å²) < 4.78 is 5.20. The molecule has 7 heteroatoms. The molecule has 140 valence electrons. The first-order valence-corrected chi connectivity index (χ1v) is 8.45. The van der Waals surface area contributed by atoms with Gasteiger partial charge >= 0.3 is 11.9 Å². The number of carboxylic acid groups (broad SMARTS) is 2. The van der Waals surface area contributed by atoms with Gasteiger partial charge in [0.05, 0.1) is 17.9 Å². The molecule has 0 saturated heterocycles. The summed E-state index contributed by atoms with van der Waals surface area (Å²) in [5, 5.41) is 24.9. The Hall–Kier alpha value is -2.80. The quantitative estimate of drug-likeness (QED) is 0.514. The molecule has 1 heterocycles. The molecule has 0 aliphatic carbocycles. The van der Waals surface area contributed by atoms with Crippen molar-refractivity contribution < 1.29 is 24.2 Å². The Labute approximate surface area is 152 Å². The zero-order chi connectivity index (χ0) is 19.1. The number of carboxylic acids is 2. The van der Waals surface area contributed by atoms with E-state index in [0.717, 1.165) is 5.69 Å². The van der Waals surface area contributed by atoms with Crippen molar-refractivity contribution in [2.75, 3.05) is 11.9 Å². The number of hydrogen-bond acceptors (Lipinski definition) is 5. The van der Waals surface area contributed by atoms with Crippen molar-refractivity contribution in [3.8, 4) is 0 Å². The molecule has 0 aliphatic rings. The minimum Gasteiger partial charge on any atom is -0.481 e. The molecule has 0 saturated carbocycles. The third-order valence-electron chi connectivity index (χ3n) is 3.99. The summed E-state index contributed by atoms with van der Waals surface area (Å²) in [6, 6.07) is 8.52. The Morgan fingerprint density at radius 2 is 1.77 bits per heavy atom. The number of furan rings is 1. The summed E-state index contributed by atoms with van der Waals surface area (Å²) in [7, 11) is 0. The maximum absolute atomic E-state index is 11.8. The van der Waals surface area contributed by atoms with Gasteiger partial charge in [0.2, 0.25) is 0 Å². The van der Waals surface area contributed by atoms with Gasteiger partial charge in [-0.1, -0.05) is 32.0 Å². The van der Waals surface area contributed by atoms with Crippen molar-refractivity contribution >= 4 is 23.3 Å². The molecule has 2 aromatic rings. The zero-order valence-electron chi connectivity index (χ0n) is 14.8. The van der Waals surface area contributed by atoms with Crippen LogP contribution in [0.2, 0.25) is 0 Å². The number of aliphatic carboxylic acids is 2. The average molecular weight is 360 g/mol. The number of carbonyl (C=O) groups is 2. The number of para-hydroxylation sites is 1. The summed E-state index contributed by atoms with van der Waals surface area (Å²) >= 11 is 0. The van der Waals surface area contributed by atoms with E-state index in [0.29, 0.717) is 17.7 Å². The van der Waals surface area contributed by atoms with Crippen molar-refractivity contribution in [3.63, 3.8) is 0 Å². The van der Waals surface area contributed by atoms with Gasteiger partial charge in [-0.05, 0) is 24.5 Å². The normalized spacial score (nSPS) is 13.3. The molecule has 1 aromatic carbocycles. The van der Waals surface area contributed by atoms with E-state index in [9.17, 15) is 19.8 Å². The number of hydrogen-bond donors (Lipinski definition) is 4. The Morgan fingerprint density at radius 3 is 2.35 bits per heavy atom. The average Bonchev–Trinajstić information content (AvgIpc) is 3.02. The van der Waals surface area contributed by atoms with E-state index in [1.54, 1.807) is 0 Å². The van der Waals surface area contributed by atoms with Gasteiger partial charge in [0, 0.05) is 17.8 Å². The minimum atomic E-state index is -1.05. The van der Waals surface area contributed by atoms with Crippen LogP contribution >= 0.6 is 0 Å². The summed E-state index contributed by atoms with van der Waals surface area (Å²) in [5.41, 5.74) is 1.80. The lowest BCUT2D eigenvalue weighted by Crippen LogP contribution is -2.41. The van der Waals surface area contributed by atoms with Crippen LogP contribution in [0.1, 0.15) is 31.7 Å². The van der Waals surface area contributed by atoms with Crippen LogP contribution in [-0.2, 0) is 9.59 Å². The molecule has 2 unspecified atom stereocenters. The van der Waals surface area contributed by atoms with Gasteiger partial charge in [0.1, 0.15) is 12.3 Å². The molecular weight excluding hydrogens is 336 g/mol. The highest BCUT2D eigenvalue weighted by molar-refractivity contribution is 5.80. The fourth-order valence-corrected chi connectivity index (χ4v) is 2.69. The standard InChI is InChI=1S/C19H24N2O5/c1-12(2)8-16(19(24)25)20-9-14(18(22)23)15-10-26-11-17(15)21-13-6-4-3-5-7-13/h3-7,10-12,14,16,20-21H,8-9H2,1-2H3,(H,22,23)(H,24,25). The third-order valence-corrected chi connectivity index (χ3v) is 3.99. The van der Waals surface area contributed by atoms with E-state index in [-0.39, 0.29) is 12.5 Å². The highest BCUT2D eigenvalue weighted by Gasteiger charge is 2.27. The van der Waals surface area contributed by atoms with Crippen molar-refractivity contribution in [3.05, 3.63) is 48.4 Å². The molecule has 2 rings (SSSR count). The van der Waals surface area contributed by atoms with Crippen molar-refractivity contribution in [1.82, 2.24) is 5.32 Å². The fraction of sp³-hybridized carbons (Fsp3) is 0.368. The molecule has 1 aromatic heterocycles. The molecular formula is C19H24N2O5. The monoisotopic (exact) mass is 360 g/mol. The number of benzene rings is 1. The highest BCUT2D eigenvalue weighted by atomic mass is 16.4. The van der Waals surface area contributed by atoms with Gasteiger partial charge in [-0.25, -0.2) is 0 Å². The van der Waals surface area contributed by atoms with Crippen LogP contribution in [0.15, 0.2) is 47.3 Å². The van der Waals surface area contributed by atoms with Crippen molar-refractivity contribution in [2.45, 2.75) is 32.2 Å². The summed E-state index contributed by atoms with van der Waals surface area (Å²) in [6.45, 7) is 3.83. The van der Waals surface area contributed by atoms with E-state index in [1.165, 1.54) is 12.5 Å². The maximum atomic E-state index is 11.8. The Bertz CT molecular complexity index is 727. The number of nitrogens with one attached hydrogen (secondary N) is 2. The summed E-state index contributed by atoms with van der Waals surface area (Å²) in [5.74, 6) is -2.80. The van der Waals surface area contributed by atoms with Gasteiger partial charge < -0.3 is 25.3 Å². The van der Waals surface area contributed by atoms with Gasteiger partial charge in [-0.15, -0.1) is 0 Å². The van der Waals surface area contributed by atoms with Gasteiger partial charge in [0.25, 0.3) is 0 Å². The lowest BCUT2D eigenvalue weighted by molar-refractivity contribution is -0.142. The lowest BCUT2D eigenvalue weighted by atomic mass is 9.98.